The van der Waals surface area contributed by atoms with E-state index in [2.05, 4.69) is 29.2 Å². The molecule has 0 spiro atoms. The van der Waals surface area contributed by atoms with Gasteiger partial charge in [-0.3, -0.25) is 4.90 Å². The molecule has 0 amide bonds. The highest BCUT2D eigenvalue weighted by atomic mass is 32.2. The third kappa shape index (κ3) is 2.75. The van der Waals surface area contributed by atoms with E-state index in [0.717, 1.165) is 19.6 Å². The summed E-state index contributed by atoms with van der Waals surface area (Å²) in [6.45, 7) is 6.18. The van der Waals surface area contributed by atoms with Crippen molar-refractivity contribution in [1.82, 2.24) is 9.21 Å². The number of sulfonamides is 1. The molecule has 5 heteroatoms. The van der Waals surface area contributed by atoms with Gasteiger partial charge in [0.05, 0.1) is 5.75 Å². The van der Waals surface area contributed by atoms with Crippen molar-refractivity contribution in [2.75, 3.05) is 31.9 Å². The molecule has 2 saturated heterocycles. The minimum absolute atomic E-state index is 0.222. The molecule has 0 aliphatic carbocycles. The van der Waals surface area contributed by atoms with Crippen LogP contribution in [0.5, 0.6) is 0 Å². The fraction of sp³-hybridized carbons (Fsp3) is 0.600. The van der Waals surface area contributed by atoms with Gasteiger partial charge in [-0.2, -0.15) is 0 Å². The second-order valence-corrected chi connectivity index (χ2v) is 8.17. The molecule has 110 valence electrons. The van der Waals surface area contributed by atoms with E-state index >= 15 is 0 Å². The summed E-state index contributed by atoms with van der Waals surface area (Å²) in [5.41, 5.74) is 1.34. The topological polar surface area (TPSA) is 40.6 Å². The summed E-state index contributed by atoms with van der Waals surface area (Å²) in [6.07, 6.45) is 0. The van der Waals surface area contributed by atoms with Crippen LogP contribution in [0.1, 0.15) is 12.5 Å². The smallest absolute Gasteiger partial charge is 0.213 e. The monoisotopic (exact) mass is 294 g/mol. The Kier molecular flexibility index (Phi) is 3.84. The summed E-state index contributed by atoms with van der Waals surface area (Å²) in [6, 6.07) is 10.5. The first-order valence-electron chi connectivity index (χ1n) is 7.32. The zero-order valence-electron chi connectivity index (χ0n) is 11.9. The summed E-state index contributed by atoms with van der Waals surface area (Å²) in [7, 11) is -3.00. The molecule has 0 N–H and O–H groups in total. The van der Waals surface area contributed by atoms with Gasteiger partial charge in [-0.25, -0.2) is 12.7 Å². The van der Waals surface area contributed by atoms with Crippen LogP contribution in [0.25, 0.3) is 0 Å². The highest BCUT2D eigenvalue weighted by Crippen LogP contribution is 2.33. The van der Waals surface area contributed by atoms with Crippen LogP contribution in [-0.2, 0) is 16.6 Å². The first-order chi connectivity index (χ1) is 9.58. The molecule has 0 aromatic heterocycles. The Morgan fingerprint density at radius 1 is 1.05 bits per heavy atom. The van der Waals surface area contributed by atoms with Crippen LogP contribution >= 0.6 is 0 Å². The molecular formula is C15H22N2O2S. The van der Waals surface area contributed by atoms with E-state index in [1.54, 1.807) is 11.2 Å². The Hall–Kier alpha value is -0.910. The maximum atomic E-state index is 11.9. The van der Waals surface area contributed by atoms with Crippen molar-refractivity contribution < 1.29 is 8.42 Å². The van der Waals surface area contributed by atoms with Crippen LogP contribution in [0, 0.1) is 11.8 Å². The largest absolute Gasteiger partial charge is 0.298 e. The lowest BCUT2D eigenvalue weighted by atomic mass is 10.0. The van der Waals surface area contributed by atoms with Gasteiger partial charge in [-0.1, -0.05) is 30.3 Å². The minimum Gasteiger partial charge on any atom is -0.298 e. The van der Waals surface area contributed by atoms with Crippen LogP contribution in [0.2, 0.25) is 0 Å². The SMILES string of the molecule is CCS(=O)(=O)N1C[C@@H]2CN(Cc3ccccc3)C[C@H]2C1. The Morgan fingerprint density at radius 3 is 2.20 bits per heavy atom. The van der Waals surface area contributed by atoms with Crippen molar-refractivity contribution in [3.05, 3.63) is 35.9 Å². The zero-order valence-corrected chi connectivity index (χ0v) is 12.7. The molecule has 0 radical (unpaired) electrons. The third-order valence-corrected chi connectivity index (χ3v) is 6.35. The number of likely N-dealkylation sites (tertiary alicyclic amines) is 1. The summed E-state index contributed by atoms with van der Waals surface area (Å²) >= 11 is 0. The van der Waals surface area contributed by atoms with E-state index in [4.69, 9.17) is 0 Å². The normalized spacial score (nSPS) is 27.9. The van der Waals surface area contributed by atoms with Crippen molar-refractivity contribution >= 4 is 10.0 Å². The first-order valence-corrected chi connectivity index (χ1v) is 8.93. The van der Waals surface area contributed by atoms with Gasteiger partial charge < -0.3 is 0 Å². The Bertz CT molecular complexity index is 544. The fourth-order valence-electron chi connectivity index (χ4n) is 3.43. The highest BCUT2D eigenvalue weighted by Gasteiger charge is 2.43. The van der Waals surface area contributed by atoms with Crippen molar-refractivity contribution in [1.29, 1.82) is 0 Å². The molecule has 2 aliphatic heterocycles. The highest BCUT2D eigenvalue weighted by molar-refractivity contribution is 7.89. The molecule has 4 nitrogen and oxygen atoms in total. The van der Waals surface area contributed by atoms with Gasteiger partial charge in [0.2, 0.25) is 10.0 Å². The summed E-state index contributed by atoms with van der Waals surface area (Å²) in [5.74, 6) is 1.25. The van der Waals surface area contributed by atoms with Crippen LogP contribution in [0.15, 0.2) is 30.3 Å². The van der Waals surface area contributed by atoms with Crippen LogP contribution in [0.3, 0.4) is 0 Å². The minimum atomic E-state index is -3.00. The molecule has 3 rings (SSSR count). The molecule has 0 saturated carbocycles. The Morgan fingerprint density at radius 2 is 1.65 bits per heavy atom. The lowest BCUT2D eigenvalue weighted by Gasteiger charge is -2.20. The molecule has 1 aromatic rings. The van der Waals surface area contributed by atoms with Crippen molar-refractivity contribution in [2.24, 2.45) is 11.8 Å². The Labute approximate surface area is 121 Å². The predicted molar refractivity (Wildman–Crippen MR) is 79.7 cm³/mol. The molecule has 2 fully saturated rings. The number of hydrogen-bond acceptors (Lipinski definition) is 3. The fourth-order valence-corrected chi connectivity index (χ4v) is 4.63. The first kappa shape index (κ1) is 14.0. The molecule has 2 atom stereocenters. The van der Waals surface area contributed by atoms with Crippen molar-refractivity contribution in [3.8, 4) is 0 Å². The Balaban J connectivity index is 1.59. The lowest BCUT2D eigenvalue weighted by Crippen LogP contribution is -2.34. The van der Waals surface area contributed by atoms with E-state index in [1.807, 2.05) is 6.07 Å². The van der Waals surface area contributed by atoms with Gasteiger partial charge in [0.1, 0.15) is 0 Å². The number of hydrogen-bond donors (Lipinski definition) is 0. The van der Waals surface area contributed by atoms with Gasteiger partial charge in [-0.05, 0) is 24.3 Å². The average molecular weight is 294 g/mol. The molecule has 2 aliphatic rings. The molecule has 0 bridgehead atoms. The van der Waals surface area contributed by atoms with Crippen LogP contribution in [-0.4, -0.2) is 49.6 Å². The van der Waals surface area contributed by atoms with E-state index in [9.17, 15) is 8.42 Å². The number of rotatable bonds is 4. The number of fused-ring (bicyclic) bond motifs is 1. The average Bonchev–Trinajstić information content (AvgIpc) is 2.98. The summed E-state index contributed by atoms with van der Waals surface area (Å²) < 4.78 is 25.5. The van der Waals surface area contributed by atoms with E-state index < -0.39 is 10.0 Å². The van der Waals surface area contributed by atoms with E-state index in [-0.39, 0.29) is 5.75 Å². The molecule has 1 aromatic carbocycles. The lowest BCUT2D eigenvalue weighted by molar-refractivity contribution is 0.290. The third-order valence-electron chi connectivity index (χ3n) is 4.54. The van der Waals surface area contributed by atoms with Crippen LogP contribution in [0.4, 0.5) is 0 Å². The number of benzene rings is 1. The quantitative estimate of drug-likeness (QED) is 0.843. The van der Waals surface area contributed by atoms with E-state index in [1.165, 1.54) is 5.56 Å². The second-order valence-electron chi connectivity index (χ2n) is 5.92. The standard InChI is InChI=1S/C15H22N2O2S/c1-2-20(18,19)17-11-14-9-16(10-15(14)12-17)8-13-6-4-3-5-7-13/h3-7,14-15H,2,8-12H2,1H3/t14-,15-/m0/s1. The molecule has 20 heavy (non-hydrogen) atoms. The van der Waals surface area contributed by atoms with Crippen LogP contribution < -0.4 is 0 Å². The molecular weight excluding hydrogens is 272 g/mol. The van der Waals surface area contributed by atoms with Gasteiger partial charge in [0, 0.05) is 32.7 Å². The molecule has 2 heterocycles. The summed E-state index contributed by atoms with van der Waals surface area (Å²) in [5, 5.41) is 0. The zero-order chi connectivity index (χ0) is 14.2. The van der Waals surface area contributed by atoms with Gasteiger partial charge in [-0.15, -0.1) is 0 Å². The summed E-state index contributed by atoms with van der Waals surface area (Å²) in [4.78, 5) is 2.46. The second kappa shape index (κ2) is 5.47. The van der Waals surface area contributed by atoms with Gasteiger partial charge in [0.25, 0.3) is 0 Å². The number of nitrogens with zero attached hydrogens (tertiary/aromatic N) is 2. The maximum Gasteiger partial charge on any atom is 0.213 e. The van der Waals surface area contributed by atoms with Crippen molar-refractivity contribution in [2.45, 2.75) is 13.5 Å². The predicted octanol–water partition coefficient (Wildman–Crippen LogP) is 1.40. The van der Waals surface area contributed by atoms with Gasteiger partial charge >= 0.3 is 0 Å². The van der Waals surface area contributed by atoms with Crippen molar-refractivity contribution in [3.63, 3.8) is 0 Å². The molecule has 0 unspecified atom stereocenters. The maximum absolute atomic E-state index is 11.9. The van der Waals surface area contributed by atoms with E-state index in [0.29, 0.717) is 24.9 Å². The van der Waals surface area contributed by atoms with Gasteiger partial charge in [0.15, 0.2) is 0 Å².